The van der Waals surface area contributed by atoms with Crippen LogP contribution in [0.15, 0.2) is 65.2 Å². The second kappa shape index (κ2) is 7.67. The number of hydrogen-bond donors (Lipinski definition) is 0. The lowest BCUT2D eigenvalue weighted by Crippen LogP contribution is -2.10. The third-order valence-electron chi connectivity index (χ3n) is 4.34. The molecule has 2 aromatic carbocycles. The fraction of sp³-hybridized carbons (Fsp3) is 0.143. The molecular weight excluding hydrogens is 375 g/mol. The molecule has 0 bridgehead atoms. The Balaban J connectivity index is 1.44. The number of benzene rings is 2. The van der Waals surface area contributed by atoms with Gasteiger partial charge in [-0.15, -0.1) is 10.2 Å². The fourth-order valence-corrected chi connectivity index (χ4v) is 2.77. The average Bonchev–Trinajstić information content (AvgIpc) is 3.38. The van der Waals surface area contributed by atoms with Crippen LogP contribution in [0.5, 0.6) is 0 Å². The Hall–Kier alpha value is -3.81. The number of esters is 1. The smallest absolute Gasteiger partial charge is 0.338 e. The summed E-state index contributed by atoms with van der Waals surface area (Å²) in [6, 6.07) is 14.5. The van der Waals surface area contributed by atoms with E-state index in [9.17, 15) is 9.18 Å². The highest BCUT2D eigenvalue weighted by atomic mass is 19.1. The maximum atomic E-state index is 13.0. The molecule has 146 valence electrons. The van der Waals surface area contributed by atoms with Crippen molar-refractivity contribution in [3.05, 3.63) is 83.8 Å². The van der Waals surface area contributed by atoms with Gasteiger partial charge in [0.1, 0.15) is 5.82 Å². The summed E-state index contributed by atoms with van der Waals surface area (Å²) in [4.78, 5) is 12.4. The number of carbonyl (C=O) groups excluding carboxylic acids is 1. The Labute approximate surface area is 165 Å². The van der Waals surface area contributed by atoms with E-state index in [0.717, 1.165) is 11.4 Å². The maximum Gasteiger partial charge on any atom is 0.338 e. The molecule has 0 radical (unpaired) electrons. The van der Waals surface area contributed by atoms with Crippen molar-refractivity contribution in [3.63, 3.8) is 0 Å². The SMILES string of the molecule is Cc1ccnn1-c1ccc(C(=O)O[C@@H](C)c2nnc(-c3ccc(F)cc3)o2)cc1. The number of aryl methyl sites for hydroxylation is 1. The van der Waals surface area contributed by atoms with E-state index in [2.05, 4.69) is 15.3 Å². The zero-order valence-electron chi connectivity index (χ0n) is 15.7. The van der Waals surface area contributed by atoms with Gasteiger partial charge in [0.05, 0.1) is 11.3 Å². The molecule has 0 fully saturated rings. The third kappa shape index (κ3) is 3.91. The van der Waals surface area contributed by atoms with Crippen molar-refractivity contribution in [2.75, 3.05) is 0 Å². The molecule has 0 saturated carbocycles. The summed E-state index contributed by atoms with van der Waals surface area (Å²) in [5.74, 6) is -0.490. The molecule has 2 heterocycles. The standard InChI is InChI=1S/C21H17FN4O3/c1-13-11-12-23-26(13)18-9-5-16(6-10-18)21(27)28-14(2)19-24-25-20(29-19)15-3-7-17(22)8-4-15/h3-12,14H,1-2H3/t14-/m0/s1. The van der Waals surface area contributed by atoms with E-state index in [0.29, 0.717) is 11.1 Å². The van der Waals surface area contributed by atoms with Crippen molar-refractivity contribution in [2.24, 2.45) is 0 Å². The second-order valence-electron chi connectivity index (χ2n) is 6.43. The summed E-state index contributed by atoms with van der Waals surface area (Å²) in [5.41, 5.74) is 2.80. The molecule has 0 aliphatic rings. The van der Waals surface area contributed by atoms with Gasteiger partial charge in [-0.05, 0) is 68.4 Å². The monoisotopic (exact) mass is 392 g/mol. The van der Waals surface area contributed by atoms with E-state index in [1.165, 1.54) is 24.3 Å². The normalized spacial score (nSPS) is 12.0. The Morgan fingerprint density at radius 3 is 2.45 bits per heavy atom. The van der Waals surface area contributed by atoms with Gasteiger partial charge in [-0.2, -0.15) is 5.10 Å². The molecule has 4 aromatic rings. The topological polar surface area (TPSA) is 83.0 Å². The van der Waals surface area contributed by atoms with Crippen molar-refractivity contribution in [3.8, 4) is 17.1 Å². The van der Waals surface area contributed by atoms with Crippen LogP contribution in [0, 0.1) is 12.7 Å². The number of halogens is 1. The van der Waals surface area contributed by atoms with Crippen LogP contribution in [0.3, 0.4) is 0 Å². The first kappa shape index (κ1) is 18.5. The van der Waals surface area contributed by atoms with Gasteiger partial charge in [0.15, 0.2) is 6.10 Å². The molecule has 4 rings (SSSR count). The van der Waals surface area contributed by atoms with Gasteiger partial charge < -0.3 is 9.15 Å². The molecule has 1 atom stereocenters. The molecular formula is C21H17FN4O3. The maximum absolute atomic E-state index is 13.0. The van der Waals surface area contributed by atoms with Crippen LogP contribution in [0.1, 0.15) is 35.0 Å². The summed E-state index contributed by atoms with van der Waals surface area (Å²) in [6.07, 6.45) is 0.973. The lowest BCUT2D eigenvalue weighted by molar-refractivity contribution is 0.0280. The van der Waals surface area contributed by atoms with E-state index in [-0.39, 0.29) is 17.6 Å². The molecule has 0 aliphatic carbocycles. The summed E-state index contributed by atoms with van der Waals surface area (Å²) < 4.78 is 25.8. The first-order valence-corrected chi connectivity index (χ1v) is 8.92. The molecule has 0 unspecified atom stereocenters. The number of hydrogen-bond acceptors (Lipinski definition) is 6. The minimum absolute atomic E-state index is 0.154. The van der Waals surface area contributed by atoms with Crippen molar-refractivity contribution in [2.45, 2.75) is 20.0 Å². The predicted octanol–water partition coefficient (Wildman–Crippen LogP) is 4.29. The first-order valence-electron chi connectivity index (χ1n) is 8.92. The highest BCUT2D eigenvalue weighted by Crippen LogP contribution is 2.23. The van der Waals surface area contributed by atoms with E-state index in [4.69, 9.17) is 9.15 Å². The highest BCUT2D eigenvalue weighted by molar-refractivity contribution is 5.89. The van der Waals surface area contributed by atoms with Crippen LogP contribution in [0.2, 0.25) is 0 Å². The second-order valence-corrected chi connectivity index (χ2v) is 6.43. The van der Waals surface area contributed by atoms with E-state index < -0.39 is 12.1 Å². The van der Waals surface area contributed by atoms with E-state index in [1.54, 1.807) is 42.1 Å². The number of aromatic nitrogens is 4. The lowest BCUT2D eigenvalue weighted by Gasteiger charge is -2.10. The van der Waals surface area contributed by atoms with Gasteiger partial charge in [0, 0.05) is 17.5 Å². The lowest BCUT2D eigenvalue weighted by atomic mass is 10.2. The Kier molecular flexibility index (Phi) is 4.90. The minimum atomic E-state index is -0.739. The van der Waals surface area contributed by atoms with Gasteiger partial charge in [-0.1, -0.05) is 0 Å². The van der Waals surface area contributed by atoms with Crippen LogP contribution in [0.4, 0.5) is 4.39 Å². The van der Waals surface area contributed by atoms with Gasteiger partial charge in [-0.3, -0.25) is 0 Å². The van der Waals surface area contributed by atoms with Gasteiger partial charge in [0.2, 0.25) is 5.89 Å². The zero-order valence-corrected chi connectivity index (χ0v) is 15.7. The van der Waals surface area contributed by atoms with Crippen molar-refractivity contribution >= 4 is 5.97 Å². The van der Waals surface area contributed by atoms with Crippen LogP contribution < -0.4 is 0 Å². The molecule has 0 spiro atoms. The van der Waals surface area contributed by atoms with E-state index in [1.807, 2.05) is 13.0 Å². The summed E-state index contributed by atoms with van der Waals surface area (Å²) in [7, 11) is 0. The third-order valence-corrected chi connectivity index (χ3v) is 4.34. The van der Waals surface area contributed by atoms with Gasteiger partial charge >= 0.3 is 5.97 Å². The molecule has 0 saturated heterocycles. The number of ether oxygens (including phenoxy) is 1. The number of rotatable bonds is 5. The molecule has 0 amide bonds. The molecule has 2 aromatic heterocycles. The van der Waals surface area contributed by atoms with Crippen LogP contribution in [-0.4, -0.2) is 25.9 Å². The Morgan fingerprint density at radius 1 is 1.07 bits per heavy atom. The minimum Gasteiger partial charge on any atom is -0.449 e. The first-order chi connectivity index (χ1) is 14.0. The number of carbonyl (C=O) groups is 1. The average molecular weight is 392 g/mol. The zero-order chi connectivity index (χ0) is 20.4. The summed E-state index contributed by atoms with van der Waals surface area (Å²) >= 11 is 0. The largest absolute Gasteiger partial charge is 0.449 e. The molecule has 7 nitrogen and oxygen atoms in total. The van der Waals surface area contributed by atoms with Crippen LogP contribution >= 0.6 is 0 Å². The van der Waals surface area contributed by atoms with Crippen molar-refractivity contribution < 1.29 is 18.3 Å². The Morgan fingerprint density at radius 2 is 1.79 bits per heavy atom. The van der Waals surface area contributed by atoms with Gasteiger partial charge in [-0.25, -0.2) is 13.9 Å². The summed E-state index contributed by atoms with van der Waals surface area (Å²) in [6.45, 7) is 3.59. The predicted molar refractivity (Wildman–Crippen MR) is 102 cm³/mol. The fourth-order valence-electron chi connectivity index (χ4n) is 2.77. The van der Waals surface area contributed by atoms with Crippen LogP contribution in [-0.2, 0) is 4.74 Å². The summed E-state index contributed by atoms with van der Waals surface area (Å²) in [5, 5.41) is 12.1. The quantitative estimate of drug-likeness (QED) is 0.471. The highest BCUT2D eigenvalue weighted by Gasteiger charge is 2.20. The molecule has 0 N–H and O–H groups in total. The van der Waals surface area contributed by atoms with Crippen LogP contribution in [0.25, 0.3) is 17.1 Å². The Bertz CT molecular complexity index is 1130. The van der Waals surface area contributed by atoms with Gasteiger partial charge in [0.25, 0.3) is 5.89 Å². The van der Waals surface area contributed by atoms with E-state index >= 15 is 0 Å². The molecule has 29 heavy (non-hydrogen) atoms. The number of nitrogens with zero attached hydrogens (tertiary/aromatic N) is 4. The molecule has 8 heteroatoms. The molecule has 0 aliphatic heterocycles. The van der Waals surface area contributed by atoms with Crippen molar-refractivity contribution in [1.29, 1.82) is 0 Å². The van der Waals surface area contributed by atoms with Crippen molar-refractivity contribution in [1.82, 2.24) is 20.0 Å².